The lowest BCUT2D eigenvalue weighted by atomic mass is 10.1. The van der Waals surface area contributed by atoms with Gasteiger partial charge >= 0.3 is 23.9 Å². The third-order valence-electron chi connectivity index (χ3n) is 4.38. The lowest BCUT2D eigenvalue weighted by Crippen LogP contribution is -2.41. The van der Waals surface area contributed by atoms with Crippen LogP contribution in [0, 0.1) is 10.7 Å². The van der Waals surface area contributed by atoms with Gasteiger partial charge in [-0.3, -0.25) is 28.9 Å². The third-order valence-corrected chi connectivity index (χ3v) is 7.56. The van der Waals surface area contributed by atoms with E-state index in [-0.39, 0.29) is 40.7 Å². The van der Waals surface area contributed by atoms with Crippen molar-refractivity contribution in [3.8, 4) is 0 Å². The zero-order valence-electron chi connectivity index (χ0n) is 20.0. The van der Waals surface area contributed by atoms with Crippen LogP contribution in [-0.4, -0.2) is 87.4 Å². The van der Waals surface area contributed by atoms with Crippen molar-refractivity contribution in [3.63, 3.8) is 0 Å². The van der Waals surface area contributed by atoms with Crippen molar-refractivity contribution in [3.05, 3.63) is 21.8 Å². The van der Waals surface area contributed by atoms with E-state index in [1.165, 1.54) is 14.0 Å². The molecule has 0 radical (unpaired) electrons. The molecule has 0 aliphatic heterocycles. The van der Waals surface area contributed by atoms with Crippen molar-refractivity contribution in [2.24, 2.45) is 0 Å². The third kappa shape index (κ3) is 9.46. The van der Waals surface area contributed by atoms with Gasteiger partial charge in [0.15, 0.2) is 6.10 Å². The average molecular weight is 860 g/mol. The van der Waals surface area contributed by atoms with Gasteiger partial charge in [0.05, 0.1) is 37.6 Å². The first-order valence-corrected chi connectivity index (χ1v) is 13.4. The Morgan fingerprint density at radius 1 is 0.946 bits per heavy atom. The number of anilines is 1. The molecule has 0 aliphatic rings. The van der Waals surface area contributed by atoms with E-state index in [2.05, 4.69) is 10.1 Å². The van der Waals surface area contributed by atoms with E-state index in [1.807, 2.05) is 0 Å². The van der Waals surface area contributed by atoms with Crippen LogP contribution in [0.5, 0.6) is 0 Å². The summed E-state index contributed by atoms with van der Waals surface area (Å²) in [5.41, 5.74) is -0.352. The van der Waals surface area contributed by atoms with Gasteiger partial charge in [-0.25, -0.2) is 4.79 Å². The minimum atomic E-state index is -1.37. The summed E-state index contributed by atoms with van der Waals surface area (Å²) >= 11 is 5.22. The summed E-state index contributed by atoms with van der Waals surface area (Å²) in [6.07, 6.45) is -1.01. The van der Waals surface area contributed by atoms with E-state index in [0.29, 0.717) is 0 Å². The number of benzene rings is 1. The maximum absolute atomic E-state index is 13.3. The number of carboxylic acids is 1. The molecule has 2 N–H and O–H groups in total. The molecule has 204 valence electrons. The lowest BCUT2D eigenvalue weighted by Gasteiger charge is -2.27. The van der Waals surface area contributed by atoms with E-state index in [0.717, 1.165) is 18.9 Å². The number of hydrogen-bond donors (Lipinski definition) is 2. The summed E-state index contributed by atoms with van der Waals surface area (Å²) in [5, 5.41) is 12.4. The number of carbonyl (C=O) groups is 6. The number of carboxylic acid groups (broad SMARTS) is 1. The second kappa shape index (κ2) is 15.6. The molecule has 0 bridgehead atoms. The van der Waals surface area contributed by atoms with Crippen molar-refractivity contribution in [1.29, 1.82) is 0 Å². The minimum Gasteiger partial charge on any atom is -0.478 e. The van der Waals surface area contributed by atoms with Crippen LogP contribution < -0.4 is 10.2 Å². The van der Waals surface area contributed by atoms with Gasteiger partial charge < -0.3 is 29.4 Å². The number of esters is 3. The highest BCUT2D eigenvalue weighted by Gasteiger charge is 2.33. The van der Waals surface area contributed by atoms with E-state index < -0.39 is 54.9 Å². The monoisotopic (exact) mass is 860 g/mol. The maximum Gasteiger partial charge on any atom is 0.337 e. The Kier molecular flexibility index (Phi) is 14.0. The van der Waals surface area contributed by atoms with E-state index >= 15 is 0 Å². The van der Waals surface area contributed by atoms with Gasteiger partial charge in [0, 0.05) is 24.5 Å². The molecule has 16 heteroatoms. The number of nitrogens with zero attached hydrogens (tertiary/aromatic N) is 1. The van der Waals surface area contributed by atoms with Gasteiger partial charge in [-0.05, 0) is 67.8 Å². The van der Waals surface area contributed by atoms with E-state index in [9.17, 15) is 33.9 Å². The molecule has 1 atom stereocenters. The quantitative estimate of drug-likeness (QED) is 0.178. The molecule has 37 heavy (non-hydrogen) atoms. The molecule has 1 aromatic carbocycles. The van der Waals surface area contributed by atoms with Gasteiger partial charge in [-0.2, -0.15) is 0 Å². The van der Waals surface area contributed by atoms with Gasteiger partial charge in [-0.15, -0.1) is 0 Å². The van der Waals surface area contributed by atoms with E-state index in [1.54, 1.807) is 67.8 Å². The lowest BCUT2D eigenvalue weighted by molar-refractivity contribution is -0.155. The highest BCUT2D eigenvalue weighted by molar-refractivity contribution is 14.1. The molecule has 1 rings (SSSR count). The van der Waals surface area contributed by atoms with Crippen LogP contribution in [0.1, 0.15) is 34.6 Å². The fourth-order valence-corrected chi connectivity index (χ4v) is 7.54. The molecule has 1 aromatic rings. The number of hydrogen-bond acceptors (Lipinski definition) is 10. The topological polar surface area (TPSA) is 175 Å². The molecule has 2 amide bonds. The summed E-state index contributed by atoms with van der Waals surface area (Å²) in [6.45, 7) is 0.726. The molecular formula is C21H23I3N2O11. The molecular weight excluding hydrogens is 837 g/mol. The number of ether oxygens (including phenoxy) is 4. The Morgan fingerprint density at radius 3 is 2.03 bits per heavy atom. The van der Waals surface area contributed by atoms with Crippen molar-refractivity contribution < 1.29 is 52.8 Å². The largest absolute Gasteiger partial charge is 0.478 e. The predicted octanol–water partition coefficient (Wildman–Crippen LogP) is 1.58. The summed E-state index contributed by atoms with van der Waals surface area (Å²) in [6, 6.07) is 0. The second-order valence-corrected chi connectivity index (χ2v) is 10.3. The minimum absolute atomic E-state index is 0.00747. The molecule has 0 fully saturated rings. The molecule has 0 heterocycles. The van der Waals surface area contributed by atoms with Crippen molar-refractivity contribution in [2.45, 2.75) is 20.0 Å². The number of nitrogens with one attached hydrogen (secondary N) is 1. The van der Waals surface area contributed by atoms with Crippen LogP contribution in [0.3, 0.4) is 0 Å². The summed E-state index contributed by atoms with van der Waals surface area (Å²) in [7, 11) is 2.40. The zero-order valence-corrected chi connectivity index (χ0v) is 26.5. The molecule has 0 aliphatic carbocycles. The SMILES string of the molecule is COCC(=O)N(CC(=O)OC)c1c(I)c(C(=O)O)c(I)c(C(=O)NCC(COC(C)=O)OC(C)=O)c1I. The Hall–Kier alpha value is -1.81. The normalized spacial score (nSPS) is 11.2. The first-order chi connectivity index (χ1) is 17.3. The molecule has 0 aromatic heterocycles. The van der Waals surface area contributed by atoms with Crippen LogP contribution >= 0.6 is 67.8 Å². The molecule has 0 saturated carbocycles. The number of rotatable bonds is 12. The Labute approximate surface area is 252 Å². The first kappa shape index (κ1) is 33.2. The highest BCUT2D eigenvalue weighted by atomic mass is 127. The standard InChI is InChI=1S/C21H23I3N2O11/c1-9(27)36-7-11(37-10(2)28)5-25-20(31)14-16(22)15(21(32)33)18(24)19(17(14)23)26(6-13(30)35-4)12(29)8-34-3/h11H,5-8H2,1-4H3,(H,25,31)(H,32,33). The Morgan fingerprint density at radius 2 is 1.54 bits per heavy atom. The van der Waals surface area contributed by atoms with Crippen LogP contribution in [-0.2, 0) is 38.1 Å². The zero-order chi connectivity index (χ0) is 28.4. The number of amides is 2. The highest BCUT2D eigenvalue weighted by Crippen LogP contribution is 2.38. The fraction of sp³-hybridized carbons (Fsp3) is 0.429. The van der Waals surface area contributed by atoms with Gasteiger partial charge in [-0.1, -0.05) is 0 Å². The van der Waals surface area contributed by atoms with Crippen LogP contribution in [0.15, 0.2) is 0 Å². The van der Waals surface area contributed by atoms with Crippen molar-refractivity contribution in [1.82, 2.24) is 5.32 Å². The smallest absolute Gasteiger partial charge is 0.337 e. The number of carbonyl (C=O) groups excluding carboxylic acids is 5. The summed E-state index contributed by atoms with van der Waals surface area (Å²) < 4.78 is 19.8. The Bertz CT molecular complexity index is 1090. The van der Waals surface area contributed by atoms with Crippen LogP contribution in [0.4, 0.5) is 5.69 Å². The van der Waals surface area contributed by atoms with Crippen LogP contribution in [0.25, 0.3) is 0 Å². The van der Waals surface area contributed by atoms with Gasteiger partial charge in [0.1, 0.15) is 19.8 Å². The molecule has 1 unspecified atom stereocenters. The molecule has 13 nitrogen and oxygen atoms in total. The van der Waals surface area contributed by atoms with Crippen molar-refractivity contribution in [2.75, 3.05) is 45.4 Å². The predicted molar refractivity (Wildman–Crippen MR) is 152 cm³/mol. The van der Waals surface area contributed by atoms with Gasteiger partial charge in [0.2, 0.25) is 0 Å². The number of halogens is 3. The summed E-state index contributed by atoms with van der Waals surface area (Å²) in [4.78, 5) is 73.8. The van der Waals surface area contributed by atoms with Crippen LogP contribution in [0.2, 0.25) is 0 Å². The van der Waals surface area contributed by atoms with E-state index in [4.69, 9.17) is 14.2 Å². The Balaban J connectivity index is 3.61. The molecule has 0 spiro atoms. The number of methoxy groups -OCH3 is 2. The second-order valence-electron chi connectivity index (χ2n) is 7.08. The maximum atomic E-state index is 13.3. The van der Waals surface area contributed by atoms with Crippen molar-refractivity contribution >= 4 is 109 Å². The molecule has 0 saturated heterocycles. The fourth-order valence-electron chi connectivity index (χ4n) is 2.84. The summed E-state index contributed by atoms with van der Waals surface area (Å²) in [5.74, 6) is -4.88. The number of aromatic carboxylic acids is 1. The van der Waals surface area contributed by atoms with Gasteiger partial charge in [0.25, 0.3) is 11.8 Å². The first-order valence-electron chi connectivity index (χ1n) is 10.1. The average Bonchev–Trinajstić information content (AvgIpc) is 2.79.